The molecule has 1 heterocycles. The van der Waals surface area contributed by atoms with E-state index < -0.39 is 0 Å². The van der Waals surface area contributed by atoms with Crippen LogP contribution in [0.3, 0.4) is 0 Å². The molecule has 0 spiro atoms. The Labute approximate surface area is 162 Å². The average Bonchev–Trinajstić information content (AvgIpc) is 3.03. The van der Waals surface area contributed by atoms with E-state index in [0.717, 1.165) is 17.0 Å². The molecule has 140 valence electrons. The Kier molecular flexibility index (Phi) is 5.71. The molecule has 0 atom stereocenters. The largest absolute Gasteiger partial charge is 0.497 e. The van der Waals surface area contributed by atoms with Crippen molar-refractivity contribution in [2.45, 2.75) is 0 Å². The van der Waals surface area contributed by atoms with Gasteiger partial charge in [0.2, 0.25) is 0 Å². The fourth-order valence-corrected chi connectivity index (χ4v) is 3.24. The van der Waals surface area contributed by atoms with Crippen LogP contribution in [0.1, 0.15) is 5.56 Å². The molecule has 0 aromatic heterocycles. The highest BCUT2D eigenvalue weighted by Crippen LogP contribution is 2.32. The highest BCUT2D eigenvalue weighted by atomic mass is 32.2. The Balaban J connectivity index is 1.97. The summed E-state index contributed by atoms with van der Waals surface area (Å²) in [5.41, 5.74) is 1.83. The maximum absolute atomic E-state index is 13.0. The monoisotopic (exact) mass is 384 g/mol. The molecule has 7 heteroatoms. The second-order valence-corrected chi connectivity index (χ2v) is 6.35. The second-order valence-electron chi connectivity index (χ2n) is 5.57. The minimum absolute atomic E-state index is 0.192. The van der Waals surface area contributed by atoms with Gasteiger partial charge in [-0.25, -0.2) is 4.99 Å². The highest BCUT2D eigenvalue weighted by Gasteiger charge is 2.31. The van der Waals surface area contributed by atoms with Crippen molar-refractivity contribution < 1.29 is 19.0 Å². The predicted molar refractivity (Wildman–Crippen MR) is 109 cm³/mol. The average molecular weight is 384 g/mol. The zero-order chi connectivity index (χ0) is 19.4. The van der Waals surface area contributed by atoms with Crippen molar-refractivity contribution >= 4 is 34.6 Å². The molecule has 0 fully saturated rings. The molecule has 27 heavy (non-hydrogen) atoms. The SMILES string of the molecule is COc1ccc(N2C(=O)C(=Cc3ccc(OC)cc3OC)N=C2SC)cc1. The van der Waals surface area contributed by atoms with Gasteiger partial charge >= 0.3 is 0 Å². The maximum atomic E-state index is 13.0. The van der Waals surface area contributed by atoms with Crippen LogP contribution >= 0.6 is 11.8 Å². The van der Waals surface area contributed by atoms with Crippen LogP contribution in [-0.2, 0) is 4.79 Å². The molecule has 1 aliphatic rings. The van der Waals surface area contributed by atoms with Crippen LogP contribution in [0.15, 0.2) is 53.2 Å². The van der Waals surface area contributed by atoms with Gasteiger partial charge in [0.25, 0.3) is 5.91 Å². The number of benzene rings is 2. The normalized spacial score (nSPS) is 15.1. The molecule has 1 amide bonds. The number of aliphatic imine (C=N–C) groups is 1. The van der Waals surface area contributed by atoms with Crippen molar-refractivity contribution in [1.29, 1.82) is 0 Å². The zero-order valence-corrected chi connectivity index (χ0v) is 16.4. The smallest absolute Gasteiger partial charge is 0.283 e. The molecule has 0 saturated carbocycles. The van der Waals surface area contributed by atoms with Crippen molar-refractivity contribution in [1.82, 2.24) is 0 Å². The fraction of sp³-hybridized carbons (Fsp3) is 0.200. The molecule has 6 nitrogen and oxygen atoms in total. The summed E-state index contributed by atoms with van der Waals surface area (Å²) in [5, 5.41) is 0.615. The van der Waals surface area contributed by atoms with Crippen LogP contribution in [0.5, 0.6) is 17.2 Å². The van der Waals surface area contributed by atoms with E-state index in [-0.39, 0.29) is 5.91 Å². The molecule has 0 N–H and O–H groups in total. The number of thioether (sulfide) groups is 1. The van der Waals surface area contributed by atoms with Crippen LogP contribution in [0, 0.1) is 0 Å². The van der Waals surface area contributed by atoms with E-state index in [1.54, 1.807) is 38.4 Å². The standard InChI is InChI=1S/C20H20N2O4S/c1-24-15-9-6-14(7-10-15)22-19(23)17(21-20(22)27-4)11-13-5-8-16(25-2)12-18(13)26-3/h5-12H,1-4H3. The Morgan fingerprint density at radius 2 is 1.63 bits per heavy atom. The highest BCUT2D eigenvalue weighted by molar-refractivity contribution is 8.13. The molecule has 0 unspecified atom stereocenters. The van der Waals surface area contributed by atoms with Crippen molar-refractivity contribution in [3.63, 3.8) is 0 Å². The predicted octanol–water partition coefficient (Wildman–Crippen LogP) is 3.82. The molecule has 0 radical (unpaired) electrons. The number of carbonyl (C=O) groups excluding carboxylic acids is 1. The molecule has 2 aromatic rings. The van der Waals surface area contributed by atoms with E-state index in [9.17, 15) is 4.79 Å². The van der Waals surface area contributed by atoms with Crippen molar-refractivity contribution in [2.75, 3.05) is 32.5 Å². The number of hydrogen-bond acceptors (Lipinski definition) is 6. The van der Waals surface area contributed by atoms with Gasteiger partial charge in [-0.15, -0.1) is 0 Å². The van der Waals surface area contributed by atoms with Gasteiger partial charge in [0.1, 0.15) is 22.9 Å². The lowest BCUT2D eigenvalue weighted by Gasteiger charge is -2.17. The summed E-state index contributed by atoms with van der Waals surface area (Å²) >= 11 is 1.41. The van der Waals surface area contributed by atoms with Crippen LogP contribution < -0.4 is 19.1 Å². The molecular formula is C20H20N2O4S. The maximum Gasteiger partial charge on any atom is 0.283 e. The van der Waals surface area contributed by atoms with E-state index in [0.29, 0.717) is 22.4 Å². The number of rotatable bonds is 5. The van der Waals surface area contributed by atoms with E-state index in [1.165, 1.54) is 11.8 Å². The summed E-state index contributed by atoms with van der Waals surface area (Å²) < 4.78 is 15.8. The third-order valence-electron chi connectivity index (χ3n) is 4.08. The summed E-state index contributed by atoms with van der Waals surface area (Å²) in [7, 11) is 4.77. The zero-order valence-electron chi connectivity index (χ0n) is 15.6. The molecule has 3 rings (SSSR count). The summed E-state index contributed by atoms with van der Waals surface area (Å²) in [5.74, 6) is 1.83. The number of ether oxygens (including phenoxy) is 3. The summed E-state index contributed by atoms with van der Waals surface area (Å²) in [6, 6.07) is 12.7. The first-order valence-corrected chi connectivity index (χ1v) is 9.38. The van der Waals surface area contributed by atoms with Gasteiger partial charge in [0.05, 0.1) is 27.0 Å². The molecule has 0 aliphatic carbocycles. The van der Waals surface area contributed by atoms with Gasteiger partial charge in [-0.1, -0.05) is 11.8 Å². The van der Waals surface area contributed by atoms with Crippen LogP contribution in [0.4, 0.5) is 5.69 Å². The molecule has 2 aromatic carbocycles. The molecule has 0 bridgehead atoms. The fourth-order valence-electron chi connectivity index (χ4n) is 2.68. The van der Waals surface area contributed by atoms with Crippen molar-refractivity contribution in [3.8, 4) is 17.2 Å². The van der Waals surface area contributed by atoms with Crippen molar-refractivity contribution in [2.24, 2.45) is 4.99 Å². The summed E-state index contributed by atoms with van der Waals surface area (Å²) in [6.45, 7) is 0. The number of methoxy groups -OCH3 is 3. The Hall–Kier alpha value is -2.93. The van der Waals surface area contributed by atoms with Gasteiger partial charge < -0.3 is 14.2 Å². The third-order valence-corrected chi connectivity index (χ3v) is 4.71. The summed E-state index contributed by atoms with van der Waals surface area (Å²) in [4.78, 5) is 19.1. The molecular weight excluding hydrogens is 364 g/mol. The Morgan fingerprint density at radius 1 is 0.963 bits per heavy atom. The van der Waals surface area contributed by atoms with Gasteiger partial charge in [-0.05, 0) is 48.7 Å². The third kappa shape index (κ3) is 3.78. The molecule has 0 saturated heterocycles. The van der Waals surface area contributed by atoms with E-state index in [2.05, 4.69) is 4.99 Å². The first kappa shape index (κ1) is 18.8. The quantitative estimate of drug-likeness (QED) is 0.734. The number of anilines is 1. The first-order chi connectivity index (χ1) is 13.1. The van der Waals surface area contributed by atoms with Crippen LogP contribution in [0.2, 0.25) is 0 Å². The van der Waals surface area contributed by atoms with E-state index in [4.69, 9.17) is 14.2 Å². The second kappa shape index (κ2) is 8.18. The topological polar surface area (TPSA) is 60.4 Å². The van der Waals surface area contributed by atoms with Crippen LogP contribution in [-0.4, -0.2) is 38.7 Å². The van der Waals surface area contributed by atoms with E-state index >= 15 is 0 Å². The number of amides is 1. The lowest BCUT2D eigenvalue weighted by Crippen LogP contribution is -2.29. The van der Waals surface area contributed by atoms with Crippen LogP contribution in [0.25, 0.3) is 6.08 Å². The minimum atomic E-state index is -0.192. The molecule has 1 aliphatic heterocycles. The lowest BCUT2D eigenvalue weighted by molar-refractivity contribution is -0.113. The first-order valence-electron chi connectivity index (χ1n) is 8.16. The van der Waals surface area contributed by atoms with Gasteiger partial charge in [0, 0.05) is 11.6 Å². The van der Waals surface area contributed by atoms with E-state index in [1.807, 2.05) is 42.7 Å². The van der Waals surface area contributed by atoms with Gasteiger partial charge in [0.15, 0.2) is 5.17 Å². The van der Waals surface area contributed by atoms with Crippen molar-refractivity contribution in [3.05, 3.63) is 53.7 Å². The van der Waals surface area contributed by atoms with Gasteiger partial charge in [-0.3, -0.25) is 9.69 Å². The van der Waals surface area contributed by atoms with Gasteiger partial charge in [-0.2, -0.15) is 0 Å². The number of amidine groups is 1. The minimum Gasteiger partial charge on any atom is -0.497 e. The lowest BCUT2D eigenvalue weighted by atomic mass is 10.1. The number of nitrogens with zero attached hydrogens (tertiary/aromatic N) is 2. The number of carbonyl (C=O) groups is 1. The number of hydrogen-bond donors (Lipinski definition) is 0. The Morgan fingerprint density at radius 3 is 2.22 bits per heavy atom. The Bertz CT molecular complexity index is 907. The summed E-state index contributed by atoms with van der Waals surface area (Å²) in [6.07, 6.45) is 3.61.